The maximum absolute atomic E-state index is 12.6. The molecule has 0 saturated carbocycles. The maximum Gasteiger partial charge on any atom is 0.257 e. The lowest BCUT2D eigenvalue weighted by molar-refractivity contribution is 0.0628. The van der Waals surface area contributed by atoms with Crippen molar-refractivity contribution in [2.75, 3.05) is 26.2 Å². The van der Waals surface area contributed by atoms with Crippen LogP contribution in [0.5, 0.6) is 0 Å². The fraction of sp³-hybridized carbons (Fsp3) is 0.444. The molecule has 1 fully saturated rings. The molecule has 5 nitrogen and oxygen atoms in total. The van der Waals surface area contributed by atoms with Crippen LogP contribution in [0.1, 0.15) is 35.8 Å². The number of benzene rings is 1. The Morgan fingerprint density at radius 1 is 1.17 bits per heavy atom. The highest BCUT2D eigenvalue weighted by Crippen LogP contribution is 2.14. The Kier molecular flexibility index (Phi) is 5.21. The molecule has 0 spiro atoms. The molecule has 128 valence electrons. The first-order valence-corrected chi connectivity index (χ1v) is 8.71. The molecule has 3 rings (SSSR count). The average molecular weight is 347 g/mol. The van der Waals surface area contributed by atoms with E-state index in [1.165, 1.54) is 5.56 Å². The monoisotopic (exact) mass is 346 g/mol. The molecule has 1 saturated heterocycles. The second-order valence-corrected chi connectivity index (χ2v) is 6.93. The van der Waals surface area contributed by atoms with Gasteiger partial charge < -0.3 is 4.90 Å². The summed E-state index contributed by atoms with van der Waals surface area (Å²) in [5, 5.41) is 5.02. The first-order chi connectivity index (χ1) is 11.5. The SMILES string of the molecule is CC(C)n1cc(C(=O)N2CCN(Cc3ccc(Cl)cc3)CC2)cn1. The van der Waals surface area contributed by atoms with Gasteiger partial charge in [-0.25, -0.2) is 0 Å². The Balaban J connectivity index is 1.54. The van der Waals surface area contributed by atoms with Gasteiger partial charge in [0.05, 0.1) is 11.8 Å². The van der Waals surface area contributed by atoms with E-state index < -0.39 is 0 Å². The van der Waals surface area contributed by atoms with E-state index in [1.54, 1.807) is 6.20 Å². The van der Waals surface area contributed by atoms with Crippen molar-refractivity contribution in [1.82, 2.24) is 19.6 Å². The van der Waals surface area contributed by atoms with Crippen molar-refractivity contribution in [3.05, 3.63) is 52.8 Å². The normalized spacial score (nSPS) is 15.9. The van der Waals surface area contributed by atoms with Gasteiger partial charge in [-0.3, -0.25) is 14.4 Å². The minimum absolute atomic E-state index is 0.0769. The molecule has 6 heteroatoms. The predicted octanol–water partition coefficient (Wildman–Crippen LogP) is 3.08. The molecular weight excluding hydrogens is 324 g/mol. The fourth-order valence-corrected chi connectivity index (χ4v) is 3.00. The van der Waals surface area contributed by atoms with Crippen LogP contribution in [0.15, 0.2) is 36.7 Å². The Labute approximate surface area is 147 Å². The lowest BCUT2D eigenvalue weighted by Crippen LogP contribution is -2.48. The molecule has 1 aliphatic rings. The topological polar surface area (TPSA) is 41.4 Å². The summed E-state index contributed by atoms with van der Waals surface area (Å²) in [7, 11) is 0. The number of rotatable bonds is 4. The van der Waals surface area contributed by atoms with Gasteiger partial charge in [0.15, 0.2) is 0 Å². The van der Waals surface area contributed by atoms with Gasteiger partial charge in [0.25, 0.3) is 5.91 Å². The zero-order valence-electron chi connectivity index (χ0n) is 14.2. The molecule has 0 aliphatic carbocycles. The predicted molar refractivity (Wildman–Crippen MR) is 95.2 cm³/mol. The lowest BCUT2D eigenvalue weighted by atomic mass is 10.2. The maximum atomic E-state index is 12.6. The number of hydrogen-bond donors (Lipinski definition) is 0. The van der Waals surface area contributed by atoms with Crippen molar-refractivity contribution in [2.24, 2.45) is 0 Å². The molecule has 0 radical (unpaired) electrons. The Morgan fingerprint density at radius 3 is 2.42 bits per heavy atom. The molecular formula is C18H23ClN4O. The first-order valence-electron chi connectivity index (χ1n) is 8.33. The summed E-state index contributed by atoms with van der Waals surface area (Å²) in [6, 6.07) is 8.22. The summed E-state index contributed by atoms with van der Waals surface area (Å²) in [6.45, 7) is 8.26. The summed E-state index contributed by atoms with van der Waals surface area (Å²) < 4.78 is 1.82. The van der Waals surface area contributed by atoms with E-state index >= 15 is 0 Å². The van der Waals surface area contributed by atoms with E-state index in [0.717, 1.165) is 37.7 Å². The summed E-state index contributed by atoms with van der Waals surface area (Å²) in [6.07, 6.45) is 3.51. The zero-order chi connectivity index (χ0) is 17.1. The lowest BCUT2D eigenvalue weighted by Gasteiger charge is -2.34. The molecule has 1 aliphatic heterocycles. The number of hydrogen-bond acceptors (Lipinski definition) is 3. The Bertz CT molecular complexity index is 687. The van der Waals surface area contributed by atoms with Crippen molar-refractivity contribution in [2.45, 2.75) is 26.4 Å². The highest BCUT2D eigenvalue weighted by atomic mass is 35.5. The van der Waals surface area contributed by atoms with Gasteiger partial charge in [-0.1, -0.05) is 23.7 Å². The van der Waals surface area contributed by atoms with Crippen LogP contribution in [0, 0.1) is 0 Å². The van der Waals surface area contributed by atoms with Crippen molar-refractivity contribution in [3.8, 4) is 0 Å². The van der Waals surface area contributed by atoms with E-state index in [-0.39, 0.29) is 11.9 Å². The van der Waals surface area contributed by atoms with Crippen LogP contribution in [0.25, 0.3) is 0 Å². The smallest absolute Gasteiger partial charge is 0.257 e. The van der Waals surface area contributed by atoms with Crippen LogP contribution in [0.2, 0.25) is 5.02 Å². The standard InChI is InChI=1S/C18H23ClN4O/c1-14(2)23-13-16(11-20-23)18(24)22-9-7-21(8-10-22)12-15-3-5-17(19)6-4-15/h3-6,11,13-14H,7-10,12H2,1-2H3. The van der Waals surface area contributed by atoms with Crippen LogP contribution < -0.4 is 0 Å². The van der Waals surface area contributed by atoms with Crippen molar-refractivity contribution in [1.29, 1.82) is 0 Å². The van der Waals surface area contributed by atoms with Crippen LogP contribution in [0.3, 0.4) is 0 Å². The van der Waals surface area contributed by atoms with E-state index in [0.29, 0.717) is 5.56 Å². The summed E-state index contributed by atoms with van der Waals surface area (Å²) >= 11 is 5.92. The molecule has 2 aromatic rings. The molecule has 2 heterocycles. The second-order valence-electron chi connectivity index (χ2n) is 6.50. The van der Waals surface area contributed by atoms with E-state index in [9.17, 15) is 4.79 Å². The first kappa shape index (κ1) is 17.0. The number of carbonyl (C=O) groups is 1. The summed E-state index contributed by atoms with van der Waals surface area (Å²) in [5.74, 6) is 0.0769. The third kappa shape index (κ3) is 3.97. The van der Waals surface area contributed by atoms with Crippen molar-refractivity contribution in [3.63, 3.8) is 0 Å². The highest BCUT2D eigenvalue weighted by Gasteiger charge is 2.23. The van der Waals surface area contributed by atoms with Gasteiger partial charge >= 0.3 is 0 Å². The van der Waals surface area contributed by atoms with Gasteiger partial charge in [-0.2, -0.15) is 5.10 Å². The minimum Gasteiger partial charge on any atom is -0.336 e. The second kappa shape index (κ2) is 7.36. The fourth-order valence-electron chi connectivity index (χ4n) is 2.87. The van der Waals surface area contributed by atoms with Crippen molar-refractivity contribution < 1.29 is 4.79 Å². The number of piperazine rings is 1. The third-order valence-corrected chi connectivity index (χ3v) is 4.61. The third-order valence-electron chi connectivity index (χ3n) is 4.36. The van der Waals surface area contributed by atoms with Gasteiger partial charge in [0, 0.05) is 50.0 Å². The summed E-state index contributed by atoms with van der Waals surface area (Å²) in [4.78, 5) is 16.9. The number of aromatic nitrogens is 2. The van der Waals surface area contributed by atoms with E-state index in [4.69, 9.17) is 11.6 Å². The number of halogens is 1. The van der Waals surface area contributed by atoms with E-state index in [2.05, 4.69) is 36.0 Å². The molecule has 1 aromatic carbocycles. The minimum atomic E-state index is 0.0769. The number of nitrogens with zero attached hydrogens (tertiary/aromatic N) is 4. The van der Waals surface area contributed by atoms with Crippen molar-refractivity contribution >= 4 is 17.5 Å². The van der Waals surface area contributed by atoms with Crippen LogP contribution in [0.4, 0.5) is 0 Å². The molecule has 0 unspecified atom stereocenters. The van der Waals surface area contributed by atoms with Gasteiger partial charge in [0.2, 0.25) is 0 Å². The van der Waals surface area contributed by atoms with Crippen LogP contribution in [-0.4, -0.2) is 51.7 Å². The largest absolute Gasteiger partial charge is 0.336 e. The average Bonchev–Trinajstić information content (AvgIpc) is 3.07. The van der Waals surface area contributed by atoms with E-state index in [1.807, 2.05) is 27.9 Å². The van der Waals surface area contributed by atoms with Gasteiger partial charge in [-0.15, -0.1) is 0 Å². The zero-order valence-corrected chi connectivity index (χ0v) is 14.9. The Hall–Kier alpha value is -1.85. The number of amides is 1. The highest BCUT2D eigenvalue weighted by molar-refractivity contribution is 6.30. The molecule has 1 amide bonds. The molecule has 24 heavy (non-hydrogen) atoms. The quantitative estimate of drug-likeness (QED) is 0.854. The van der Waals surface area contributed by atoms with Crippen LogP contribution in [-0.2, 0) is 6.54 Å². The van der Waals surface area contributed by atoms with Gasteiger partial charge in [0.1, 0.15) is 0 Å². The molecule has 0 N–H and O–H groups in total. The summed E-state index contributed by atoms with van der Waals surface area (Å²) in [5.41, 5.74) is 1.92. The van der Waals surface area contributed by atoms with Crippen LogP contribution >= 0.6 is 11.6 Å². The Morgan fingerprint density at radius 2 is 1.83 bits per heavy atom. The molecule has 0 atom stereocenters. The number of carbonyl (C=O) groups excluding carboxylic acids is 1. The molecule has 1 aromatic heterocycles. The van der Waals surface area contributed by atoms with Gasteiger partial charge in [-0.05, 0) is 31.5 Å². The molecule has 0 bridgehead atoms.